The highest BCUT2D eigenvalue weighted by molar-refractivity contribution is 5.73. The summed E-state index contributed by atoms with van der Waals surface area (Å²) in [5.74, 6) is -0.443. The van der Waals surface area contributed by atoms with Gasteiger partial charge in [-0.25, -0.2) is 9.36 Å². The summed E-state index contributed by atoms with van der Waals surface area (Å²) in [6.07, 6.45) is 1.50. The van der Waals surface area contributed by atoms with Crippen molar-refractivity contribution in [1.82, 2.24) is 9.55 Å². The summed E-state index contributed by atoms with van der Waals surface area (Å²) in [7, 11) is 2.81. The van der Waals surface area contributed by atoms with Crippen LogP contribution in [0.1, 0.15) is 22.7 Å². The molecule has 1 atom stereocenters. The van der Waals surface area contributed by atoms with E-state index in [0.717, 1.165) is 0 Å². The molecule has 3 heterocycles. The second kappa shape index (κ2) is 8.03. The Bertz CT molecular complexity index is 1700. The quantitative estimate of drug-likeness (QED) is 0.389. The van der Waals surface area contributed by atoms with Crippen LogP contribution in [0, 0.1) is 11.3 Å². The maximum Gasteiger partial charge on any atom is 0.362 e. The van der Waals surface area contributed by atoms with Crippen LogP contribution in [0.2, 0.25) is 0 Å². The molecule has 11 heteroatoms. The number of fused-ring (bicyclic) bond motifs is 3. The van der Waals surface area contributed by atoms with Gasteiger partial charge in [0.05, 0.1) is 20.1 Å². The third kappa shape index (κ3) is 3.36. The lowest BCUT2D eigenvalue weighted by Crippen LogP contribution is -2.35. The number of aromatic hydroxyl groups is 2. The molecule has 2 aromatic carbocycles. The Hall–Kier alpha value is -5.11. The Labute approximate surface area is 196 Å². The summed E-state index contributed by atoms with van der Waals surface area (Å²) in [5.41, 5.74) is 6.52. The highest BCUT2D eigenvalue weighted by Gasteiger charge is 2.36. The van der Waals surface area contributed by atoms with Crippen LogP contribution in [-0.4, -0.2) is 34.0 Å². The van der Waals surface area contributed by atoms with Gasteiger partial charge in [0.2, 0.25) is 11.4 Å². The zero-order valence-electron chi connectivity index (χ0n) is 18.5. The molecule has 176 valence electrons. The number of nitriles is 1. The molecule has 2 aromatic heterocycles. The normalized spacial score (nSPS) is 14.8. The van der Waals surface area contributed by atoms with Gasteiger partial charge < -0.3 is 34.3 Å². The van der Waals surface area contributed by atoms with Gasteiger partial charge in [0.25, 0.3) is 6.01 Å². The van der Waals surface area contributed by atoms with E-state index in [1.807, 2.05) is 0 Å². The molecule has 0 spiro atoms. The number of aromatic nitrogens is 2. The fraction of sp³-hybridized carbons (Fsp3) is 0.125. The number of benzene rings is 2. The Morgan fingerprint density at radius 2 is 1.80 bits per heavy atom. The van der Waals surface area contributed by atoms with E-state index in [9.17, 15) is 20.3 Å². The van der Waals surface area contributed by atoms with Crippen LogP contribution in [0.4, 0.5) is 6.01 Å². The van der Waals surface area contributed by atoms with E-state index < -0.39 is 11.5 Å². The second-order valence-electron chi connectivity index (χ2n) is 7.62. The van der Waals surface area contributed by atoms with E-state index in [1.165, 1.54) is 43.1 Å². The molecule has 0 fully saturated rings. The fourth-order valence-electron chi connectivity index (χ4n) is 4.09. The summed E-state index contributed by atoms with van der Waals surface area (Å²) < 4.78 is 22.8. The molecular weight excluding hydrogens is 456 g/mol. The van der Waals surface area contributed by atoms with Gasteiger partial charge in [0.1, 0.15) is 22.7 Å². The van der Waals surface area contributed by atoms with E-state index in [4.69, 9.17) is 24.0 Å². The van der Waals surface area contributed by atoms with Crippen molar-refractivity contribution in [2.24, 2.45) is 0 Å². The third-order valence-corrected chi connectivity index (χ3v) is 5.65. The molecule has 0 aliphatic carbocycles. The van der Waals surface area contributed by atoms with E-state index in [2.05, 4.69) is 11.1 Å². The predicted octanol–water partition coefficient (Wildman–Crippen LogP) is 1.08. The molecular formula is C24H18N4O7. The SMILES string of the molecule is COc1cc(/C=c2\c(=O)oc3n2-c2oc(N)nc2[C@@H](c2ccc(O)c(OC)c2)C=3C#N)ccc1O. The van der Waals surface area contributed by atoms with Crippen molar-refractivity contribution >= 4 is 17.7 Å². The number of phenolic OH excluding ortho intramolecular Hbond substituents is 2. The Morgan fingerprint density at radius 3 is 2.49 bits per heavy atom. The first kappa shape index (κ1) is 21.7. The van der Waals surface area contributed by atoms with Crippen molar-refractivity contribution < 1.29 is 28.5 Å². The van der Waals surface area contributed by atoms with Gasteiger partial charge in [-0.1, -0.05) is 12.1 Å². The van der Waals surface area contributed by atoms with Crippen LogP contribution in [0.5, 0.6) is 23.0 Å². The van der Waals surface area contributed by atoms with Crippen LogP contribution >= 0.6 is 0 Å². The third-order valence-electron chi connectivity index (χ3n) is 5.65. The minimum atomic E-state index is -0.808. The summed E-state index contributed by atoms with van der Waals surface area (Å²) in [5, 5.41) is 30.0. The monoisotopic (exact) mass is 474 g/mol. The number of oxazole rings is 2. The zero-order chi connectivity index (χ0) is 24.9. The largest absolute Gasteiger partial charge is 0.504 e. The number of hydrogen-bond acceptors (Lipinski definition) is 10. The van der Waals surface area contributed by atoms with Crippen molar-refractivity contribution in [2.75, 3.05) is 20.0 Å². The number of nitrogens with zero attached hydrogens (tertiary/aromatic N) is 3. The molecule has 1 aliphatic rings. The van der Waals surface area contributed by atoms with Crippen molar-refractivity contribution in [3.05, 3.63) is 74.5 Å². The molecule has 0 saturated carbocycles. The average molecular weight is 474 g/mol. The van der Waals surface area contributed by atoms with Gasteiger partial charge in [-0.2, -0.15) is 10.2 Å². The molecule has 35 heavy (non-hydrogen) atoms. The zero-order valence-corrected chi connectivity index (χ0v) is 18.5. The molecule has 0 unspecified atom stereocenters. The van der Waals surface area contributed by atoms with Crippen molar-refractivity contribution in [3.63, 3.8) is 0 Å². The molecule has 1 aliphatic heterocycles. The highest BCUT2D eigenvalue weighted by Crippen LogP contribution is 2.40. The molecule has 4 N–H and O–H groups in total. The van der Waals surface area contributed by atoms with Crippen molar-refractivity contribution in [3.8, 4) is 35.0 Å². The van der Waals surface area contributed by atoms with Gasteiger partial charge >= 0.3 is 5.63 Å². The second-order valence-corrected chi connectivity index (χ2v) is 7.62. The molecule has 11 nitrogen and oxygen atoms in total. The van der Waals surface area contributed by atoms with Crippen molar-refractivity contribution in [2.45, 2.75) is 5.92 Å². The van der Waals surface area contributed by atoms with Crippen LogP contribution in [-0.2, 0) is 0 Å². The lowest BCUT2D eigenvalue weighted by Gasteiger charge is -2.19. The minimum absolute atomic E-state index is 0.0413. The topological polar surface area (TPSA) is 170 Å². The summed E-state index contributed by atoms with van der Waals surface area (Å²) in [4.78, 5) is 17.2. The van der Waals surface area contributed by atoms with E-state index in [1.54, 1.807) is 18.2 Å². The summed E-state index contributed by atoms with van der Waals surface area (Å²) in [6.45, 7) is 0. The van der Waals surface area contributed by atoms with Gasteiger partial charge in [0, 0.05) is 0 Å². The Kier molecular flexibility index (Phi) is 4.99. The standard InChI is InChI=1S/C24H18N4O7/c1-32-17-8-11(3-5-15(17)29)7-14-23(31)34-21-13(10-25)19(12-4-6-16(30)18(9-12)33-2)20-22(28(14)21)35-24(26)27-20/h3-9,19,29-30H,1-2H3,(H2,26,27)/b14-7+/t19-/m0/s1. The minimum Gasteiger partial charge on any atom is -0.504 e. The van der Waals surface area contributed by atoms with Gasteiger partial charge in [0.15, 0.2) is 23.0 Å². The Balaban J connectivity index is 1.84. The maximum absolute atomic E-state index is 12.9. The number of methoxy groups -OCH3 is 2. The van der Waals surface area contributed by atoms with Gasteiger partial charge in [-0.3, -0.25) is 0 Å². The maximum atomic E-state index is 12.9. The first-order chi connectivity index (χ1) is 16.9. The van der Waals surface area contributed by atoms with Crippen LogP contribution in [0.25, 0.3) is 17.5 Å². The lowest BCUT2D eigenvalue weighted by molar-refractivity contribution is 0.373. The van der Waals surface area contributed by atoms with Crippen LogP contribution in [0.15, 0.2) is 50.0 Å². The number of anilines is 1. The number of hydrogen-bond donors (Lipinski definition) is 3. The lowest BCUT2D eigenvalue weighted by atomic mass is 9.87. The van der Waals surface area contributed by atoms with E-state index >= 15 is 0 Å². The Morgan fingerprint density at radius 1 is 1.11 bits per heavy atom. The summed E-state index contributed by atoms with van der Waals surface area (Å²) in [6, 6.07) is 11.1. The number of rotatable bonds is 4. The first-order valence-electron chi connectivity index (χ1n) is 10.2. The highest BCUT2D eigenvalue weighted by atomic mass is 16.5. The van der Waals surface area contributed by atoms with Crippen molar-refractivity contribution in [1.29, 1.82) is 5.26 Å². The molecule has 0 bridgehead atoms. The molecule has 5 rings (SSSR count). The number of nitrogen functional groups attached to an aromatic ring is 1. The smallest absolute Gasteiger partial charge is 0.362 e. The molecule has 0 radical (unpaired) electrons. The van der Waals surface area contributed by atoms with Gasteiger partial charge in [-0.05, 0) is 41.5 Å². The number of phenols is 2. The number of nitrogens with two attached hydrogens (primary N) is 1. The number of ether oxygens (including phenoxy) is 2. The summed E-state index contributed by atoms with van der Waals surface area (Å²) >= 11 is 0. The van der Waals surface area contributed by atoms with Crippen LogP contribution in [0.3, 0.4) is 0 Å². The predicted molar refractivity (Wildman–Crippen MR) is 122 cm³/mol. The fourth-order valence-corrected chi connectivity index (χ4v) is 4.09. The van der Waals surface area contributed by atoms with E-state index in [-0.39, 0.29) is 57.1 Å². The molecule has 0 saturated heterocycles. The van der Waals surface area contributed by atoms with Gasteiger partial charge in [-0.15, -0.1) is 0 Å². The first-order valence-corrected chi connectivity index (χ1v) is 10.2. The van der Waals surface area contributed by atoms with E-state index in [0.29, 0.717) is 11.1 Å². The van der Waals surface area contributed by atoms with Crippen LogP contribution < -0.4 is 31.7 Å². The molecule has 0 amide bonds. The average Bonchev–Trinajstić information content (AvgIpc) is 3.38. The molecule has 4 aromatic rings.